The van der Waals surface area contributed by atoms with Crippen molar-refractivity contribution < 1.29 is 71.6 Å². The van der Waals surface area contributed by atoms with Gasteiger partial charge in [-0.15, -0.1) is 0 Å². The van der Waals surface area contributed by atoms with Gasteiger partial charge in [0.2, 0.25) is 29.5 Å². The molecule has 0 saturated carbocycles. The molecule has 5 rings (SSSR count). The number of likely N-dealkylation sites (tertiary alicyclic amines) is 5. The minimum absolute atomic E-state index is 0.0300. The first-order valence-electron chi connectivity index (χ1n) is 32.7. The second kappa shape index (κ2) is 45.0. The summed E-state index contributed by atoms with van der Waals surface area (Å²) in [4.78, 5) is 125. The van der Waals surface area contributed by atoms with Crippen LogP contribution in [-0.4, -0.2) is 182 Å². The average Bonchev–Trinajstić information content (AvgIpc) is 3.67. The van der Waals surface area contributed by atoms with Crippen LogP contribution in [0.2, 0.25) is 0 Å². The Hall–Kier alpha value is -5.30. The number of unbranched alkanes of at least 4 members (excludes halogenated alkanes) is 13. The lowest BCUT2D eigenvalue weighted by atomic mass is 10.1. The Bertz CT molecular complexity index is 2000. The molecule has 0 radical (unpaired) electrons. The largest absolute Gasteiger partial charge is 0.469 e. The van der Waals surface area contributed by atoms with Crippen molar-refractivity contribution in [2.75, 3.05) is 92.9 Å². The Morgan fingerprint density at radius 1 is 0.365 bits per heavy atom. The maximum Gasteiger partial charge on any atom is 0.311 e. The molecule has 5 fully saturated rings. The highest BCUT2D eigenvalue weighted by molar-refractivity contribution is 5.89. The van der Waals surface area contributed by atoms with E-state index >= 15 is 0 Å². The minimum atomic E-state index is -0.287. The quantitative estimate of drug-likeness (QED) is 0.0346. The fraction of sp³-hybridized carbons (Fsp3) is 0.846. The molecule has 5 heterocycles. The first kappa shape index (κ1) is 77.7. The Labute approximate surface area is 511 Å². The maximum atomic E-state index is 11.9. The molecule has 0 aromatic rings. The van der Waals surface area contributed by atoms with Crippen LogP contribution in [0.15, 0.2) is 0 Å². The van der Waals surface area contributed by atoms with Crippen molar-refractivity contribution in [3.8, 4) is 0 Å². The lowest BCUT2D eigenvalue weighted by Crippen LogP contribution is -2.42. The lowest BCUT2D eigenvalue weighted by Gasteiger charge is -2.31. The van der Waals surface area contributed by atoms with Gasteiger partial charge >= 0.3 is 29.8 Å². The number of carbonyl (C=O) groups is 10. The smallest absolute Gasteiger partial charge is 0.311 e. The minimum Gasteiger partial charge on any atom is -0.469 e. The summed E-state index contributed by atoms with van der Waals surface area (Å²) in [5.41, 5.74) is -0.208. The highest BCUT2D eigenvalue weighted by atomic mass is 16.5. The van der Waals surface area contributed by atoms with Gasteiger partial charge < -0.3 is 48.2 Å². The highest BCUT2D eigenvalue weighted by Crippen LogP contribution is 2.27. The van der Waals surface area contributed by atoms with Gasteiger partial charge in [-0.1, -0.05) is 132 Å². The molecule has 0 aromatic heterocycles. The molecule has 0 N–H and O–H groups in total. The molecule has 20 heteroatoms. The van der Waals surface area contributed by atoms with Crippen molar-refractivity contribution in [1.82, 2.24) is 24.5 Å². The zero-order valence-corrected chi connectivity index (χ0v) is 54.9. The van der Waals surface area contributed by atoms with Crippen molar-refractivity contribution in [2.24, 2.45) is 29.6 Å². The second-order valence-corrected chi connectivity index (χ2v) is 24.3. The molecule has 0 aromatic carbocycles. The van der Waals surface area contributed by atoms with Gasteiger partial charge in [-0.05, 0) is 65.7 Å². The summed E-state index contributed by atoms with van der Waals surface area (Å²) in [5, 5.41) is 0. The Kier molecular flexibility index (Phi) is 41.2. The van der Waals surface area contributed by atoms with Gasteiger partial charge in [0.25, 0.3) is 0 Å². The van der Waals surface area contributed by atoms with E-state index in [4.69, 9.17) is 18.9 Å². The number of carbonyl (C=O) groups excluding carboxylic acids is 10. The third-order valence-corrected chi connectivity index (χ3v) is 15.6. The molecule has 0 aliphatic carbocycles. The summed E-state index contributed by atoms with van der Waals surface area (Å²) in [6.45, 7) is 27.5. The summed E-state index contributed by atoms with van der Waals surface area (Å²) < 4.78 is 25.4. The molecule has 20 nitrogen and oxygen atoms in total. The molecule has 85 heavy (non-hydrogen) atoms. The van der Waals surface area contributed by atoms with Gasteiger partial charge in [-0.3, -0.25) is 47.9 Å². The third kappa shape index (κ3) is 31.8. The van der Waals surface area contributed by atoms with Gasteiger partial charge in [0.05, 0.1) is 63.1 Å². The predicted molar refractivity (Wildman–Crippen MR) is 327 cm³/mol. The van der Waals surface area contributed by atoms with Gasteiger partial charge in [0, 0.05) is 97.0 Å². The van der Waals surface area contributed by atoms with Crippen molar-refractivity contribution in [3.05, 3.63) is 0 Å². The summed E-state index contributed by atoms with van der Waals surface area (Å²) >= 11 is 0. The first-order chi connectivity index (χ1) is 40.6. The van der Waals surface area contributed by atoms with Crippen LogP contribution in [0, 0.1) is 29.6 Å². The van der Waals surface area contributed by atoms with E-state index < -0.39 is 0 Å². The lowest BCUT2D eigenvalue weighted by molar-refractivity contribution is -0.149. The second-order valence-electron chi connectivity index (χ2n) is 24.3. The number of rotatable bonds is 32. The average molecular weight is 1210 g/mol. The number of hydrogen-bond donors (Lipinski definition) is 0. The zero-order valence-electron chi connectivity index (χ0n) is 54.9. The van der Waals surface area contributed by atoms with Crippen LogP contribution in [0.4, 0.5) is 0 Å². The SMILES string of the molecule is CCCCCCCCOC(=O)C1CC(=O)N(CCCC)C1.CCCCCCOC(=O)C1CC(=O)N(CCCC)C1.CCCCOC(=O)C1CC(=O)N(C)C1.CCCCOC(=O)C1CC(=O)N(CCCC)C1.COC(=O)C1CC(=O)N(C(C)(C)C)C1. The molecular weight excluding hydrogens is 1090 g/mol. The van der Waals surface area contributed by atoms with Gasteiger partial charge in [0.1, 0.15) is 0 Å². The van der Waals surface area contributed by atoms with Gasteiger partial charge in [-0.2, -0.15) is 0 Å². The van der Waals surface area contributed by atoms with Crippen molar-refractivity contribution >= 4 is 59.4 Å². The van der Waals surface area contributed by atoms with E-state index in [0.29, 0.717) is 84.8 Å². The summed E-state index contributed by atoms with van der Waals surface area (Å²) in [6.07, 6.45) is 23.1. The van der Waals surface area contributed by atoms with E-state index in [-0.39, 0.29) is 101 Å². The van der Waals surface area contributed by atoms with Crippen LogP contribution in [0.25, 0.3) is 0 Å². The standard InChI is InChI=1S/C17H31NO3.C15H27NO3.C13H23NO3.2C10H17NO3/c1-3-5-7-8-9-10-12-21-17(20)15-13-16(19)18(14-15)11-6-4-2;1-3-5-7-8-10-19-15(18)13-11-14(17)16(12-13)9-6-4-2;1-3-5-7-14-10-11(9-12(14)15)13(16)17-8-6-4-2;1-10(2,3)11-6-7(5-8(11)12)9(13)14-4;1-3-4-5-14-10(13)8-6-9(12)11(2)7-8/h15H,3-14H2,1-2H3;13H,3-12H2,1-2H3;11H,3-10H2,1-2H3;7H,5-6H2,1-4H3;8H,3-7H2,1-2H3. The molecule has 5 atom stereocenters. The topological polar surface area (TPSA) is 233 Å². The number of amides is 5. The summed E-state index contributed by atoms with van der Waals surface area (Å²) in [5.74, 6) is -1.98. The van der Waals surface area contributed by atoms with Crippen LogP contribution in [-0.2, 0) is 71.6 Å². The van der Waals surface area contributed by atoms with Gasteiger partial charge in [0.15, 0.2) is 0 Å². The van der Waals surface area contributed by atoms with E-state index in [0.717, 1.165) is 110 Å². The van der Waals surface area contributed by atoms with Crippen molar-refractivity contribution in [1.29, 1.82) is 0 Å². The molecule has 5 aliphatic rings. The Balaban J connectivity index is 0.000000536. The van der Waals surface area contributed by atoms with Crippen LogP contribution in [0.1, 0.15) is 230 Å². The van der Waals surface area contributed by atoms with E-state index in [1.165, 1.54) is 45.6 Å². The molecule has 490 valence electrons. The molecule has 0 spiro atoms. The van der Waals surface area contributed by atoms with Crippen molar-refractivity contribution in [3.63, 3.8) is 0 Å². The Morgan fingerprint density at radius 2 is 0.647 bits per heavy atom. The van der Waals surface area contributed by atoms with Crippen LogP contribution >= 0.6 is 0 Å². The Morgan fingerprint density at radius 3 is 0.953 bits per heavy atom. The van der Waals surface area contributed by atoms with E-state index in [1.807, 2.05) is 27.7 Å². The summed E-state index contributed by atoms with van der Waals surface area (Å²) in [7, 11) is 3.06. The fourth-order valence-corrected chi connectivity index (χ4v) is 10.0. The number of esters is 5. The van der Waals surface area contributed by atoms with E-state index in [2.05, 4.69) is 46.3 Å². The van der Waals surface area contributed by atoms with E-state index in [1.54, 1.807) is 31.5 Å². The van der Waals surface area contributed by atoms with Gasteiger partial charge in [-0.25, -0.2) is 0 Å². The van der Waals surface area contributed by atoms with Crippen molar-refractivity contribution in [2.45, 2.75) is 235 Å². The third-order valence-electron chi connectivity index (χ3n) is 15.6. The predicted octanol–water partition coefficient (Wildman–Crippen LogP) is 9.89. The number of methoxy groups -OCH3 is 1. The molecule has 5 amide bonds. The number of ether oxygens (including phenoxy) is 5. The highest BCUT2D eigenvalue weighted by Gasteiger charge is 2.41. The number of nitrogens with zero attached hydrogens (tertiary/aromatic N) is 5. The molecule has 5 unspecified atom stereocenters. The number of hydrogen-bond acceptors (Lipinski definition) is 15. The van der Waals surface area contributed by atoms with E-state index in [9.17, 15) is 47.9 Å². The normalized spacial score (nSPS) is 20.0. The first-order valence-corrected chi connectivity index (χ1v) is 32.7. The van der Waals surface area contributed by atoms with Crippen LogP contribution in [0.3, 0.4) is 0 Å². The molecular formula is C65H115N5O15. The summed E-state index contributed by atoms with van der Waals surface area (Å²) in [6, 6.07) is 0. The monoisotopic (exact) mass is 1210 g/mol. The fourth-order valence-electron chi connectivity index (χ4n) is 10.0. The van der Waals surface area contributed by atoms with Crippen LogP contribution in [0.5, 0.6) is 0 Å². The maximum absolute atomic E-state index is 11.9. The zero-order chi connectivity index (χ0) is 63.7. The molecule has 0 bridgehead atoms. The molecule has 5 saturated heterocycles. The van der Waals surface area contributed by atoms with Crippen LogP contribution < -0.4 is 0 Å². The molecule has 5 aliphatic heterocycles.